The predicted molar refractivity (Wildman–Crippen MR) is 144 cm³/mol. The average Bonchev–Trinajstić information content (AvgIpc) is 2.85. The minimum Gasteiger partial charge on any atom is -0.392 e. The standard InChI is InChI=1S/C27H26ClFN6O2/c1-15-12-19(29)8-9-22(15)32-17(3)33-27-31-16(2)24(25(35-27)20-6-4-5-7-21(20)28)26(37)34-23-13-18(14-36)10-11-30-23/h4-13,25,36H,14H2,1-3H3,(H,30,34,37)(H2,31,32,33,35). The molecule has 10 heteroatoms. The third-order valence-corrected chi connectivity index (χ3v) is 6.04. The lowest BCUT2D eigenvalue weighted by molar-refractivity contribution is -0.113. The predicted octanol–water partition coefficient (Wildman–Crippen LogP) is 5.12. The molecule has 2 heterocycles. The number of aryl methyl sites for hydroxylation is 1. The number of nitrogens with one attached hydrogen (secondary N) is 3. The van der Waals surface area contributed by atoms with E-state index < -0.39 is 11.9 Å². The van der Waals surface area contributed by atoms with E-state index in [-0.39, 0.29) is 18.4 Å². The number of carbonyl (C=O) groups is 1. The Bertz CT molecular complexity index is 1440. The number of guanidine groups is 1. The van der Waals surface area contributed by atoms with Crippen LogP contribution in [0.4, 0.5) is 15.9 Å². The first-order chi connectivity index (χ1) is 17.7. The van der Waals surface area contributed by atoms with Crippen molar-refractivity contribution >= 4 is 40.8 Å². The van der Waals surface area contributed by atoms with Crippen LogP contribution in [0.1, 0.15) is 36.6 Å². The first-order valence-corrected chi connectivity index (χ1v) is 11.9. The van der Waals surface area contributed by atoms with Crippen molar-refractivity contribution in [2.75, 3.05) is 10.6 Å². The van der Waals surface area contributed by atoms with Crippen LogP contribution in [-0.2, 0) is 11.4 Å². The van der Waals surface area contributed by atoms with Crippen molar-refractivity contribution in [2.45, 2.75) is 33.4 Å². The Hall–Kier alpha value is -4.08. The molecule has 0 saturated carbocycles. The molecule has 37 heavy (non-hydrogen) atoms. The van der Waals surface area contributed by atoms with Gasteiger partial charge in [0.15, 0.2) is 0 Å². The number of rotatable bonds is 5. The number of amides is 1. The van der Waals surface area contributed by atoms with Crippen LogP contribution in [-0.4, -0.2) is 27.8 Å². The summed E-state index contributed by atoms with van der Waals surface area (Å²) >= 11 is 6.50. The summed E-state index contributed by atoms with van der Waals surface area (Å²) in [4.78, 5) is 26.8. The highest BCUT2D eigenvalue weighted by atomic mass is 35.5. The van der Waals surface area contributed by atoms with Gasteiger partial charge in [-0.05, 0) is 68.3 Å². The lowest BCUT2D eigenvalue weighted by Crippen LogP contribution is -2.33. The van der Waals surface area contributed by atoms with Crippen LogP contribution in [0, 0.1) is 12.7 Å². The van der Waals surface area contributed by atoms with Gasteiger partial charge in [-0.2, -0.15) is 0 Å². The van der Waals surface area contributed by atoms with Gasteiger partial charge in [0.05, 0.1) is 12.2 Å². The Morgan fingerprint density at radius 3 is 2.68 bits per heavy atom. The number of nitrogens with zero attached hydrogens (tertiary/aromatic N) is 3. The third-order valence-electron chi connectivity index (χ3n) is 5.70. The molecule has 8 nitrogen and oxygen atoms in total. The fourth-order valence-corrected chi connectivity index (χ4v) is 4.15. The molecule has 0 radical (unpaired) electrons. The summed E-state index contributed by atoms with van der Waals surface area (Å²) in [6.45, 7) is 5.14. The molecule has 1 aliphatic rings. The molecule has 1 amide bonds. The third kappa shape index (κ3) is 6.19. The average molecular weight is 521 g/mol. The lowest BCUT2D eigenvalue weighted by atomic mass is 9.95. The normalized spacial score (nSPS) is 15.7. The zero-order chi connectivity index (χ0) is 26.5. The highest BCUT2D eigenvalue weighted by molar-refractivity contribution is 6.31. The van der Waals surface area contributed by atoms with Gasteiger partial charge >= 0.3 is 0 Å². The Kier molecular flexibility index (Phi) is 7.95. The first-order valence-electron chi connectivity index (χ1n) is 11.5. The van der Waals surface area contributed by atoms with Crippen LogP contribution in [0.15, 0.2) is 82.0 Å². The van der Waals surface area contributed by atoms with Crippen molar-refractivity contribution in [3.05, 3.63) is 99.6 Å². The maximum absolute atomic E-state index is 13.5. The summed E-state index contributed by atoms with van der Waals surface area (Å²) in [6, 6.07) is 14.1. The summed E-state index contributed by atoms with van der Waals surface area (Å²) in [6.07, 6.45) is 1.51. The van der Waals surface area contributed by atoms with E-state index in [0.29, 0.717) is 44.8 Å². The quantitative estimate of drug-likeness (QED) is 0.276. The summed E-state index contributed by atoms with van der Waals surface area (Å²) in [5.74, 6) is 0.371. The molecule has 1 aromatic heterocycles. The van der Waals surface area contributed by atoms with Gasteiger partial charge < -0.3 is 21.1 Å². The Morgan fingerprint density at radius 1 is 1.16 bits per heavy atom. The van der Waals surface area contributed by atoms with Gasteiger partial charge in [-0.25, -0.2) is 19.4 Å². The van der Waals surface area contributed by atoms with Gasteiger partial charge in [0.2, 0.25) is 5.96 Å². The topological polar surface area (TPSA) is 111 Å². The SMILES string of the molecule is CC1=C(C(=O)Nc2cc(CO)ccn2)C(c2ccccc2Cl)N=C(/N=C(/C)Nc2ccc(F)cc2C)N1. The summed E-state index contributed by atoms with van der Waals surface area (Å²) in [5.41, 5.74) is 3.60. The number of aliphatic imine (C=N–C) groups is 2. The molecule has 0 aliphatic carbocycles. The number of halogens is 2. The molecule has 0 fully saturated rings. The maximum atomic E-state index is 13.5. The molecule has 0 spiro atoms. The summed E-state index contributed by atoms with van der Waals surface area (Å²) in [5, 5.41) is 18.9. The van der Waals surface area contributed by atoms with Gasteiger partial charge in [0.25, 0.3) is 5.91 Å². The van der Waals surface area contributed by atoms with Crippen LogP contribution in [0.3, 0.4) is 0 Å². The second-order valence-electron chi connectivity index (χ2n) is 8.48. The molecule has 4 N–H and O–H groups in total. The number of carbonyl (C=O) groups excluding carboxylic acids is 1. The molecule has 3 aromatic rings. The molecular weight excluding hydrogens is 495 g/mol. The van der Waals surface area contributed by atoms with Crippen LogP contribution in [0.2, 0.25) is 5.02 Å². The molecule has 0 saturated heterocycles. The van der Waals surface area contributed by atoms with E-state index in [1.165, 1.54) is 18.3 Å². The number of benzene rings is 2. The van der Waals surface area contributed by atoms with E-state index in [0.717, 1.165) is 5.56 Å². The highest BCUT2D eigenvalue weighted by Crippen LogP contribution is 2.35. The minimum absolute atomic E-state index is 0.173. The van der Waals surface area contributed by atoms with Gasteiger partial charge in [-0.1, -0.05) is 29.8 Å². The van der Waals surface area contributed by atoms with E-state index >= 15 is 0 Å². The molecule has 190 valence electrons. The molecule has 4 rings (SSSR count). The van der Waals surface area contributed by atoms with Crippen molar-refractivity contribution in [3.63, 3.8) is 0 Å². The Morgan fingerprint density at radius 2 is 1.95 bits per heavy atom. The monoisotopic (exact) mass is 520 g/mol. The molecule has 0 bridgehead atoms. The number of allylic oxidation sites excluding steroid dienone is 1. The van der Waals surface area contributed by atoms with Gasteiger partial charge in [-0.15, -0.1) is 0 Å². The van der Waals surface area contributed by atoms with Crippen molar-refractivity contribution in [1.29, 1.82) is 0 Å². The number of pyridine rings is 1. The maximum Gasteiger partial charge on any atom is 0.257 e. The largest absolute Gasteiger partial charge is 0.392 e. The minimum atomic E-state index is -0.741. The number of hydrogen-bond donors (Lipinski definition) is 4. The van der Waals surface area contributed by atoms with Crippen LogP contribution >= 0.6 is 11.6 Å². The number of aromatic nitrogens is 1. The van der Waals surface area contributed by atoms with E-state index in [2.05, 4.69) is 25.9 Å². The number of amidine groups is 1. The van der Waals surface area contributed by atoms with Crippen molar-refractivity contribution < 1.29 is 14.3 Å². The molecule has 1 atom stereocenters. The Balaban J connectivity index is 1.66. The van der Waals surface area contributed by atoms with Gasteiger partial charge in [0, 0.05) is 28.2 Å². The fourth-order valence-electron chi connectivity index (χ4n) is 3.91. The van der Waals surface area contributed by atoms with Crippen molar-refractivity contribution in [2.24, 2.45) is 9.98 Å². The van der Waals surface area contributed by atoms with Crippen LogP contribution < -0.4 is 16.0 Å². The first kappa shape index (κ1) is 26.0. The van der Waals surface area contributed by atoms with E-state index in [9.17, 15) is 14.3 Å². The lowest BCUT2D eigenvalue weighted by Gasteiger charge is -2.26. The van der Waals surface area contributed by atoms with Crippen LogP contribution in [0.25, 0.3) is 0 Å². The molecule has 2 aromatic carbocycles. The number of aliphatic hydroxyl groups is 1. The van der Waals surface area contributed by atoms with Crippen molar-refractivity contribution in [1.82, 2.24) is 10.3 Å². The van der Waals surface area contributed by atoms with E-state index in [1.54, 1.807) is 57.2 Å². The van der Waals surface area contributed by atoms with Crippen LogP contribution in [0.5, 0.6) is 0 Å². The smallest absolute Gasteiger partial charge is 0.257 e. The zero-order valence-electron chi connectivity index (χ0n) is 20.5. The fraction of sp³-hybridized carbons (Fsp3) is 0.185. The van der Waals surface area contributed by atoms with Gasteiger partial charge in [-0.3, -0.25) is 4.79 Å². The highest BCUT2D eigenvalue weighted by Gasteiger charge is 2.31. The molecular formula is C27H26ClFN6O2. The number of aliphatic hydroxyl groups excluding tert-OH is 1. The van der Waals surface area contributed by atoms with Gasteiger partial charge in [0.1, 0.15) is 23.5 Å². The summed E-state index contributed by atoms with van der Waals surface area (Å²) in [7, 11) is 0. The van der Waals surface area contributed by atoms with Crippen molar-refractivity contribution in [3.8, 4) is 0 Å². The molecule has 1 unspecified atom stereocenters. The van der Waals surface area contributed by atoms with E-state index in [1.807, 2.05) is 6.07 Å². The molecule has 1 aliphatic heterocycles. The zero-order valence-corrected chi connectivity index (χ0v) is 21.3. The second-order valence-corrected chi connectivity index (χ2v) is 8.89. The summed E-state index contributed by atoms with van der Waals surface area (Å²) < 4.78 is 13.5. The van der Waals surface area contributed by atoms with E-state index in [4.69, 9.17) is 16.6 Å². The Labute approximate surface area is 219 Å². The number of anilines is 2. The second kappa shape index (κ2) is 11.3. The number of hydrogen-bond acceptors (Lipinski definition) is 6.